The second kappa shape index (κ2) is 5.43. The summed E-state index contributed by atoms with van der Waals surface area (Å²) in [4.78, 5) is 14.4. The minimum Gasteiger partial charge on any atom is -0.394 e. The minimum absolute atomic E-state index is 0.213. The molecule has 0 radical (unpaired) electrons. The highest BCUT2D eigenvalue weighted by atomic mass is 16.6. The van der Waals surface area contributed by atoms with Crippen molar-refractivity contribution in [3.8, 4) is 0 Å². The fourth-order valence-electron chi connectivity index (χ4n) is 2.29. The topological polar surface area (TPSA) is 108 Å². The summed E-state index contributed by atoms with van der Waals surface area (Å²) in [5, 5.41) is 19.1. The van der Waals surface area contributed by atoms with Gasteiger partial charge >= 0.3 is 0 Å². The summed E-state index contributed by atoms with van der Waals surface area (Å²) < 4.78 is 10.8. The molecule has 2 aliphatic rings. The summed E-state index contributed by atoms with van der Waals surface area (Å²) >= 11 is 0. The standard InChI is InChI=1S/C11H19N3O5/c1-13-7(16)3-4-14(11(13)12)10-9(18-2)8(17)6(5-15)19-10/h3-4,6,8-11,15,17H,5,12H2,1-2H3/t6-,8-,9-,10-,11?/m1/s1. The molecule has 0 bridgehead atoms. The fraction of sp³-hybridized carbons (Fsp3) is 0.727. The number of nitrogens with zero attached hydrogens (tertiary/aromatic N) is 2. The number of likely N-dealkylation sites (N-methyl/N-ethyl adjacent to an activating group) is 1. The number of hydrogen-bond donors (Lipinski definition) is 3. The third-order valence-corrected chi connectivity index (χ3v) is 3.50. The van der Waals surface area contributed by atoms with Crippen molar-refractivity contribution in [2.75, 3.05) is 20.8 Å². The van der Waals surface area contributed by atoms with E-state index in [1.54, 1.807) is 11.9 Å². The minimum atomic E-state index is -0.955. The highest BCUT2D eigenvalue weighted by Gasteiger charge is 2.48. The first-order chi connectivity index (χ1) is 9.01. The Balaban J connectivity index is 2.21. The molecule has 0 spiro atoms. The molecule has 0 aromatic rings. The van der Waals surface area contributed by atoms with Crippen LogP contribution in [0.2, 0.25) is 0 Å². The van der Waals surface area contributed by atoms with Crippen molar-refractivity contribution in [2.45, 2.75) is 30.8 Å². The maximum Gasteiger partial charge on any atom is 0.250 e. The van der Waals surface area contributed by atoms with Gasteiger partial charge in [0.15, 0.2) is 12.5 Å². The summed E-state index contributed by atoms with van der Waals surface area (Å²) in [7, 11) is 3.01. The first-order valence-corrected chi connectivity index (χ1v) is 5.96. The number of rotatable bonds is 3. The SMILES string of the molecule is CO[C@@H]1[C@H](O)[C@@H](CO)O[C@H]1N1C=CC(=O)N(C)C1N. The van der Waals surface area contributed by atoms with Gasteiger partial charge in [0.05, 0.1) is 6.61 Å². The Morgan fingerprint density at radius 2 is 2.26 bits per heavy atom. The van der Waals surface area contributed by atoms with Crippen molar-refractivity contribution in [2.24, 2.45) is 5.73 Å². The molecule has 2 aliphatic heterocycles. The van der Waals surface area contributed by atoms with Crippen LogP contribution >= 0.6 is 0 Å². The molecular formula is C11H19N3O5. The molecule has 19 heavy (non-hydrogen) atoms. The van der Waals surface area contributed by atoms with Crippen LogP contribution in [0.1, 0.15) is 0 Å². The number of aliphatic hydroxyl groups excluding tert-OH is 2. The molecule has 1 unspecified atom stereocenters. The number of carbonyl (C=O) groups is 1. The second-order valence-corrected chi connectivity index (χ2v) is 4.56. The van der Waals surface area contributed by atoms with Crippen LogP contribution in [0.4, 0.5) is 0 Å². The molecule has 0 aromatic carbocycles. The van der Waals surface area contributed by atoms with Crippen LogP contribution in [0.15, 0.2) is 12.3 Å². The Labute approximate surface area is 111 Å². The van der Waals surface area contributed by atoms with E-state index in [4.69, 9.17) is 20.3 Å². The van der Waals surface area contributed by atoms with Crippen molar-refractivity contribution in [1.29, 1.82) is 0 Å². The molecule has 4 N–H and O–H groups in total. The number of amides is 1. The number of aliphatic hydroxyl groups is 2. The molecule has 8 nitrogen and oxygen atoms in total. The third kappa shape index (κ3) is 2.33. The van der Waals surface area contributed by atoms with E-state index in [0.717, 1.165) is 0 Å². The van der Waals surface area contributed by atoms with Crippen molar-refractivity contribution < 1.29 is 24.5 Å². The van der Waals surface area contributed by atoms with Crippen LogP contribution < -0.4 is 5.73 Å². The highest BCUT2D eigenvalue weighted by molar-refractivity contribution is 5.88. The van der Waals surface area contributed by atoms with Gasteiger partial charge in [-0.15, -0.1) is 0 Å². The molecule has 1 saturated heterocycles. The van der Waals surface area contributed by atoms with Gasteiger partial charge in [0.1, 0.15) is 18.3 Å². The molecule has 0 saturated carbocycles. The number of methoxy groups -OCH3 is 1. The molecule has 2 heterocycles. The summed E-state index contributed by atoms with van der Waals surface area (Å²) in [6.45, 7) is -0.320. The maximum atomic E-state index is 11.5. The zero-order valence-electron chi connectivity index (χ0n) is 10.8. The quantitative estimate of drug-likeness (QED) is 0.526. The molecule has 108 valence electrons. The Kier molecular flexibility index (Phi) is 4.07. The molecule has 1 fully saturated rings. The molecular weight excluding hydrogens is 254 g/mol. The van der Waals surface area contributed by atoms with Crippen LogP contribution in [-0.2, 0) is 14.3 Å². The predicted molar refractivity (Wildman–Crippen MR) is 64.3 cm³/mol. The van der Waals surface area contributed by atoms with Crippen LogP contribution in [0, 0.1) is 0 Å². The van der Waals surface area contributed by atoms with E-state index >= 15 is 0 Å². The summed E-state index contributed by atoms with van der Waals surface area (Å²) in [6.07, 6.45) is -0.867. The van der Waals surface area contributed by atoms with Gasteiger partial charge in [0.2, 0.25) is 5.91 Å². The van der Waals surface area contributed by atoms with Gasteiger partial charge in [-0.3, -0.25) is 10.5 Å². The largest absolute Gasteiger partial charge is 0.394 e. The van der Waals surface area contributed by atoms with E-state index in [2.05, 4.69) is 0 Å². The average molecular weight is 273 g/mol. The van der Waals surface area contributed by atoms with Gasteiger partial charge in [0.25, 0.3) is 0 Å². The lowest BCUT2D eigenvalue weighted by Crippen LogP contribution is -2.60. The Hall–Kier alpha value is -1.19. The first kappa shape index (κ1) is 14.2. The fourth-order valence-corrected chi connectivity index (χ4v) is 2.29. The van der Waals surface area contributed by atoms with Crippen molar-refractivity contribution >= 4 is 5.91 Å². The second-order valence-electron chi connectivity index (χ2n) is 4.56. The monoisotopic (exact) mass is 273 g/mol. The lowest BCUT2D eigenvalue weighted by Gasteiger charge is -2.41. The van der Waals surface area contributed by atoms with Crippen LogP contribution in [0.5, 0.6) is 0 Å². The lowest BCUT2D eigenvalue weighted by atomic mass is 10.1. The van der Waals surface area contributed by atoms with E-state index in [0.29, 0.717) is 0 Å². The summed E-state index contributed by atoms with van der Waals surface area (Å²) in [5.41, 5.74) is 5.94. The first-order valence-electron chi connectivity index (χ1n) is 5.96. The van der Waals surface area contributed by atoms with Gasteiger partial charge < -0.3 is 29.5 Å². The van der Waals surface area contributed by atoms with Crippen LogP contribution in [-0.4, -0.2) is 77.5 Å². The number of nitrogens with two attached hydrogens (primary N) is 1. The highest BCUT2D eigenvalue weighted by Crippen LogP contribution is 2.28. The smallest absolute Gasteiger partial charge is 0.250 e. The van der Waals surface area contributed by atoms with Crippen molar-refractivity contribution in [3.63, 3.8) is 0 Å². The van der Waals surface area contributed by atoms with Crippen LogP contribution in [0.3, 0.4) is 0 Å². The predicted octanol–water partition coefficient (Wildman–Crippen LogP) is -2.39. The molecule has 1 amide bonds. The van der Waals surface area contributed by atoms with E-state index in [1.807, 2.05) is 0 Å². The third-order valence-electron chi connectivity index (χ3n) is 3.50. The van der Waals surface area contributed by atoms with Crippen LogP contribution in [0.25, 0.3) is 0 Å². The van der Waals surface area contributed by atoms with E-state index in [-0.39, 0.29) is 12.5 Å². The van der Waals surface area contributed by atoms with E-state index in [1.165, 1.54) is 24.3 Å². The number of ether oxygens (including phenoxy) is 2. The van der Waals surface area contributed by atoms with E-state index < -0.39 is 30.8 Å². The molecule has 0 aromatic heterocycles. The number of hydrogen-bond acceptors (Lipinski definition) is 7. The average Bonchev–Trinajstić information content (AvgIpc) is 2.72. The zero-order chi connectivity index (χ0) is 14.2. The van der Waals surface area contributed by atoms with Gasteiger partial charge in [-0.1, -0.05) is 0 Å². The van der Waals surface area contributed by atoms with Crippen molar-refractivity contribution in [3.05, 3.63) is 12.3 Å². The Morgan fingerprint density at radius 3 is 2.84 bits per heavy atom. The molecule has 5 atom stereocenters. The normalized spacial score (nSPS) is 39.2. The number of carbonyl (C=O) groups excluding carboxylic acids is 1. The van der Waals surface area contributed by atoms with Gasteiger partial charge in [-0.2, -0.15) is 0 Å². The molecule has 2 rings (SSSR count). The molecule has 0 aliphatic carbocycles. The summed E-state index contributed by atoms with van der Waals surface area (Å²) in [5.74, 6) is -0.213. The lowest BCUT2D eigenvalue weighted by molar-refractivity contribution is -0.146. The molecule has 8 heteroatoms. The van der Waals surface area contributed by atoms with Gasteiger partial charge in [-0.05, 0) is 0 Å². The van der Waals surface area contributed by atoms with Gasteiger partial charge in [0, 0.05) is 26.4 Å². The summed E-state index contributed by atoms with van der Waals surface area (Å²) in [6, 6.07) is 0. The Bertz CT molecular complexity index is 377. The van der Waals surface area contributed by atoms with Crippen molar-refractivity contribution in [1.82, 2.24) is 9.80 Å². The van der Waals surface area contributed by atoms with E-state index in [9.17, 15) is 9.90 Å². The maximum absolute atomic E-state index is 11.5. The van der Waals surface area contributed by atoms with Gasteiger partial charge in [-0.25, -0.2) is 0 Å². The zero-order valence-corrected chi connectivity index (χ0v) is 10.8. The Morgan fingerprint density at radius 1 is 1.58 bits per heavy atom.